The largest absolute Gasteiger partial charge is 0.454 e. The van der Waals surface area contributed by atoms with Crippen molar-refractivity contribution < 1.29 is 14.3 Å². The maximum absolute atomic E-state index is 12.5. The standard InChI is InChI=1S/C19H12N4O4S/c20-16-13(7-10-1-6-14-15(8-10)27-9-26-14)17(25)21-19-23(16)22-18(28-19)11-2-4-12(24)5-3-11/h1-8,20,22H,9H2. The van der Waals surface area contributed by atoms with E-state index in [9.17, 15) is 9.59 Å². The van der Waals surface area contributed by atoms with Gasteiger partial charge in [0, 0.05) is 5.57 Å². The van der Waals surface area contributed by atoms with Crippen molar-refractivity contribution in [1.29, 1.82) is 5.41 Å². The molecule has 9 heteroatoms. The van der Waals surface area contributed by atoms with Gasteiger partial charge in [-0.3, -0.25) is 20.1 Å². The number of ether oxygens (including phenoxy) is 2. The quantitative estimate of drug-likeness (QED) is 0.603. The Balaban J connectivity index is 1.71. The zero-order chi connectivity index (χ0) is 19.3. The second-order valence-electron chi connectivity index (χ2n) is 6.12. The molecule has 1 aliphatic carbocycles. The van der Waals surface area contributed by atoms with Gasteiger partial charge in [-0.2, -0.15) is 4.98 Å². The van der Waals surface area contributed by atoms with E-state index in [0.29, 0.717) is 26.9 Å². The van der Waals surface area contributed by atoms with Gasteiger partial charge in [0.1, 0.15) is 4.66 Å². The summed E-state index contributed by atoms with van der Waals surface area (Å²) in [5, 5.41) is 12.1. The number of hydrogen-bond donors (Lipinski definition) is 2. The molecule has 1 aromatic carbocycles. The molecule has 0 saturated carbocycles. The molecular formula is C19H12N4O4S. The number of carbonyl (C=O) groups is 1. The van der Waals surface area contributed by atoms with E-state index in [2.05, 4.69) is 10.1 Å². The minimum atomic E-state index is -0.487. The van der Waals surface area contributed by atoms with Crippen LogP contribution >= 0.6 is 11.3 Å². The second kappa shape index (κ2) is 6.17. The minimum Gasteiger partial charge on any atom is -0.454 e. The molecule has 0 radical (unpaired) electrons. The number of hydrogen-bond acceptors (Lipinski definition) is 7. The Labute approximate surface area is 160 Å². The van der Waals surface area contributed by atoms with Gasteiger partial charge in [-0.05, 0) is 48.1 Å². The van der Waals surface area contributed by atoms with E-state index >= 15 is 0 Å². The monoisotopic (exact) mass is 392 g/mol. The van der Waals surface area contributed by atoms with Crippen LogP contribution in [0, 0.1) is 5.41 Å². The van der Waals surface area contributed by atoms with Crippen molar-refractivity contribution in [2.75, 3.05) is 6.79 Å². The minimum absolute atomic E-state index is 0.00406. The van der Waals surface area contributed by atoms with Crippen molar-refractivity contribution in [3.8, 4) is 16.6 Å². The average Bonchev–Trinajstić information content (AvgIpc) is 3.32. The number of rotatable bonds is 1. The van der Waals surface area contributed by atoms with E-state index in [-0.39, 0.29) is 23.3 Å². The number of ketones is 1. The van der Waals surface area contributed by atoms with Crippen LogP contribution < -0.4 is 30.4 Å². The third-order valence-corrected chi connectivity index (χ3v) is 5.32. The predicted octanol–water partition coefficient (Wildman–Crippen LogP) is -0.0573. The van der Waals surface area contributed by atoms with Crippen molar-refractivity contribution in [2.24, 2.45) is 0 Å². The van der Waals surface area contributed by atoms with Gasteiger partial charge in [0.25, 0.3) is 5.56 Å². The molecule has 0 unspecified atom stereocenters. The van der Waals surface area contributed by atoms with E-state index in [1.165, 1.54) is 28.2 Å². The summed E-state index contributed by atoms with van der Waals surface area (Å²) in [6.07, 6.45) is 7.90. The molecule has 0 bridgehead atoms. The van der Waals surface area contributed by atoms with Crippen LogP contribution in [0.1, 0.15) is 5.56 Å². The average molecular weight is 392 g/mol. The van der Waals surface area contributed by atoms with E-state index < -0.39 is 5.56 Å². The number of aromatic amines is 1. The Morgan fingerprint density at radius 2 is 1.93 bits per heavy atom. The maximum atomic E-state index is 12.5. The fourth-order valence-electron chi connectivity index (χ4n) is 2.93. The van der Waals surface area contributed by atoms with Crippen molar-refractivity contribution in [2.45, 2.75) is 0 Å². The Kier molecular flexibility index (Phi) is 3.63. The summed E-state index contributed by atoms with van der Waals surface area (Å²) in [6.45, 7) is 0.165. The summed E-state index contributed by atoms with van der Waals surface area (Å²) in [5.74, 6) is 1.16. The van der Waals surface area contributed by atoms with Gasteiger partial charge in [-0.25, -0.2) is 4.68 Å². The molecule has 2 N–H and O–H groups in total. The Hall–Kier alpha value is -3.72. The maximum Gasteiger partial charge on any atom is 0.283 e. The van der Waals surface area contributed by atoms with Gasteiger partial charge in [-0.15, -0.1) is 0 Å². The molecule has 8 nitrogen and oxygen atoms in total. The lowest BCUT2D eigenvalue weighted by molar-refractivity contribution is -0.110. The molecule has 0 aromatic heterocycles. The summed E-state index contributed by atoms with van der Waals surface area (Å²) >= 11 is 1.24. The number of aromatic nitrogens is 3. The van der Waals surface area contributed by atoms with Gasteiger partial charge < -0.3 is 9.47 Å². The summed E-state index contributed by atoms with van der Waals surface area (Å²) in [4.78, 5) is 27.9. The number of H-pyrrole nitrogens is 1. The van der Waals surface area contributed by atoms with Crippen LogP contribution in [-0.2, 0) is 4.79 Å². The molecule has 138 valence electrons. The van der Waals surface area contributed by atoms with Gasteiger partial charge in [0.2, 0.25) is 11.9 Å². The zero-order valence-electron chi connectivity index (χ0n) is 14.3. The molecule has 0 saturated heterocycles. The van der Waals surface area contributed by atoms with Crippen LogP contribution in [-0.4, -0.2) is 27.3 Å². The summed E-state index contributed by atoms with van der Waals surface area (Å²) in [6, 6.07) is 5.30. The normalized spacial score (nSPS) is 15.8. The molecule has 0 amide bonds. The fraction of sp³-hybridized carbons (Fsp3) is 0.0526. The Morgan fingerprint density at radius 3 is 2.75 bits per heavy atom. The molecule has 4 aliphatic rings. The highest BCUT2D eigenvalue weighted by molar-refractivity contribution is 7.11. The number of allylic oxidation sites excluding steroid dienone is 4. The summed E-state index contributed by atoms with van der Waals surface area (Å²) < 4.78 is 12.8. The van der Waals surface area contributed by atoms with E-state index in [1.54, 1.807) is 36.4 Å². The highest BCUT2D eigenvalue weighted by atomic mass is 32.1. The van der Waals surface area contributed by atoms with Crippen LogP contribution in [0.2, 0.25) is 0 Å². The van der Waals surface area contributed by atoms with Crippen LogP contribution in [0.5, 0.6) is 11.5 Å². The van der Waals surface area contributed by atoms with Gasteiger partial charge >= 0.3 is 0 Å². The molecule has 1 aromatic rings. The smallest absolute Gasteiger partial charge is 0.283 e. The summed E-state index contributed by atoms with van der Waals surface area (Å²) in [5.41, 5.74) is 0.997. The van der Waals surface area contributed by atoms with Crippen molar-refractivity contribution >= 4 is 28.8 Å². The highest BCUT2D eigenvalue weighted by Crippen LogP contribution is 2.32. The number of fused-ring (bicyclic) bond motifs is 2. The van der Waals surface area contributed by atoms with E-state index in [1.807, 2.05) is 0 Å². The first kappa shape index (κ1) is 16.5. The lowest BCUT2D eigenvalue weighted by Crippen LogP contribution is -2.47. The van der Waals surface area contributed by atoms with Crippen LogP contribution in [0.15, 0.2) is 47.3 Å². The number of nitrogens with one attached hydrogen (secondary N) is 2. The SMILES string of the molecule is N=c1c(=Cc2ccc3c(c2)OCO3)c(=O)nc2sc(=C3C=CC(=O)C=C3)[nH]n1-2. The van der Waals surface area contributed by atoms with E-state index in [4.69, 9.17) is 14.9 Å². The van der Waals surface area contributed by atoms with Gasteiger partial charge in [0.05, 0.1) is 5.22 Å². The fourth-order valence-corrected chi connectivity index (χ4v) is 3.86. The molecule has 28 heavy (non-hydrogen) atoms. The van der Waals surface area contributed by atoms with Crippen molar-refractivity contribution in [3.05, 3.63) is 73.8 Å². The van der Waals surface area contributed by atoms with Crippen LogP contribution in [0.25, 0.3) is 16.8 Å². The Morgan fingerprint density at radius 1 is 1.14 bits per heavy atom. The second-order valence-corrected chi connectivity index (χ2v) is 7.10. The number of benzene rings is 1. The third-order valence-electron chi connectivity index (χ3n) is 4.33. The number of carbonyl (C=O) groups excluding carboxylic acids is 1. The molecule has 0 atom stereocenters. The van der Waals surface area contributed by atoms with Gasteiger partial charge in [0.15, 0.2) is 22.8 Å². The van der Waals surface area contributed by atoms with E-state index in [0.717, 1.165) is 5.57 Å². The lowest BCUT2D eigenvalue weighted by Gasteiger charge is -2.01. The van der Waals surface area contributed by atoms with Crippen molar-refractivity contribution in [3.63, 3.8) is 0 Å². The molecule has 0 spiro atoms. The number of nitrogens with zero attached hydrogens (tertiary/aromatic N) is 2. The predicted molar refractivity (Wildman–Crippen MR) is 101 cm³/mol. The van der Waals surface area contributed by atoms with Crippen LogP contribution in [0.3, 0.4) is 0 Å². The highest BCUT2D eigenvalue weighted by Gasteiger charge is 2.14. The molecule has 5 rings (SSSR count). The lowest BCUT2D eigenvalue weighted by atomic mass is 10.1. The zero-order valence-corrected chi connectivity index (χ0v) is 15.1. The topological polar surface area (TPSA) is 110 Å². The summed E-state index contributed by atoms with van der Waals surface area (Å²) in [7, 11) is 0. The first-order chi connectivity index (χ1) is 13.6. The molecular weight excluding hydrogens is 380 g/mol. The molecule has 0 fully saturated rings. The first-order valence-electron chi connectivity index (χ1n) is 8.31. The first-order valence-corrected chi connectivity index (χ1v) is 9.12. The van der Waals surface area contributed by atoms with Gasteiger partial charge in [-0.1, -0.05) is 17.4 Å². The molecule has 3 aliphatic heterocycles. The van der Waals surface area contributed by atoms with Crippen LogP contribution in [0.4, 0.5) is 0 Å². The third kappa shape index (κ3) is 2.69. The van der Waals surface area contributed by atoms with Crippen molar-refractivity contribution in [1.82, 2.24) is 14.8 Å². The Bertz CT molecular complexity index is 1390. The molecule has 3 heterocycles.